The van der Waals surface area contributed by atoms with Crippen molar-refractivity contribution in [2.45, 2.75) is 0 Å². The lowest BCUT2D eigenvalue weighted by atomic mass is 10.2. The zero-order valence-corrected chi connectivity index (χ0v) is 10.3. The van der Waals surface area contributed by atoms with Gasteiger partial charge in [-0.3, -0.25) is 14.5 Å². The van der Waals surface area contributed by atoms with Gasteiger partial charge in [-0.25, -0.2) is 4.39 Å². The number of carboxylic acids is 1. The van der Waals surface area contributed by atoms with Gasteiger partial charge in [0.2, 0.25) is 0 Å². The lowest BCUT2D eigenvalue weighted by molar-refractivity contribution is -0.305. The van der Waals surface area contributed by atoms with Crippen molar-refractivity contribution in [2.24, 2.45) is 0 Å². The topological polar surface area (TPSA) is 77.5 Å². The molecule has 0 unspecified atom stereocenters. The number of rotatable bonds is 3. The quantitative estimate of drug-likeness (QED) is 0.758. The average Bonchev–Trinajstić information content (AvgIpc) is 2.60. The van der Waals surface area contributed by atoms with Crippen LogP contribution in [0, 0.1) is 5.82 Å². The van der Waals surface area contributed by atoms with E-state index in [4.69, 9.17) is 0 Å². The number of halogens is 1. The molecule has 0 atom stereocenters. The maximum atomic E-state index is 13.4. The first-order valence-electron chi connectivity index (χ1n) is 5.19. The number of imide groups is 1. The van der Waals surface area contributed by atoms with Gasteiger partial charge in [0, 0.05) is 5.56 Å². The molecule has 0 N–H and O–H groups in total. The second-order valence-electron chi connectivity index (χ2n) is 3.66. The Balaban J connectivity index is 2.28. The number of nitrogens with zero attached hydrogens (tertiary/aromatic N) is 1. The molecule has 98 valence electrons. The number of aliphatic carboxylic acids is 1. The molecule has 0 spiro atoms. The minimum atomic E-state index is -1.53. The second kappa shape index (κ2) is 5.23. The molecule has 19 heavy (non-hydrogen) atoms. The maximum Gasteiger partial charge on any atom is 0.293 e. The van der Waals surface area contributed by atoms with Crippen molar-refractivity contribution in [1.29, 1.82) is 0 Å². The summed E-state index contributed by atoms with van der Waals surface area (Å²) in [5, 5.41) is 9.71. The average molecular weight is 280 g/mol. The lowest BCUT2D eigenvalue weighted by Crippen LogP contribution is -2.40. The maximum absolute atomic E-state index is 13.4. The molecule has 7 heteroatoms. The molecular weight excluding hydrogens is 273 g/mol. The first kappa shape index (κ1) is 13.3. The first-order chi connectivity index (χ1) is 8.99. The fourth-order valence-electron chi connectivity index (χ4n) is 1.50. The normalized spacial score (nSPS) is 17.3. The molecule has 0 saturated carbocycles. The van der Waals surface area contributed by atoms with Crippen LogP contribution >= 0.6 is 11.8 Å². The molecule has 1 aliphatic heterocycles. The number of carboxylic acid groups (broad SMARTS) is 1. The zero-order valence-electron chi connectivity index (χ0n) is 9.46. The lowest BCUT2D eigenvalue weighted by Gasteiger charge is -2.12. The molecule has 2 amide bonds. The Kier molecular flexibility index (Phi) is 3.66. The molecule has 1 aromatic rings. The molecule has 0 aromatic heterocycles. The van der Waals surface area contributed by atoms with E-state index in [2.05, 4.69) is 0 Å². The Hall–Kier alpha value is -2.15. The fraction of sp³-hybridized carbons (Fsp3) is 0.0833. The van der Waals surface area contributed by atoms with Crippen LogP contribution in [-0.2, 0) is 9.59 Å². The third-order valence-electron chi connectivity index (χ3n) is 2.35. The highest BCUT2D eigenvalue weighted by molar-refractivity contribution is 8.18. The molecule has 0 aliphatic carbocycles. The summed E-state index contributed by atoms with van der Waals surface area (Å²) in [7, 11) is 0. The van der Waals surface area contributed by atoms with Crippen LogP contribution in [-0.4, -0.2) is 28.6 Å². The summed E-state index contributed by atoms with van der Waals surface area (Å²) in [4.78, 5) is 34.2. The SMILES string of the molecule is O=C([O-])CN1C(=O)S/C(=C\c2ccccc2F)C1=O. The number of thioether (sulfide) groups is 1. The summed E-state index contributed by atoms with van der Waals surface area (Å²) in [6.45, 7) is -0.806. The molecule has 1 aromatic carbocycles. The van der Waals surface area contributed by atoms with Crippen molar-refractivity contribution in [1.82, 2.24) is 4.90 Å². The van der Waals surface area contributed by atoms with E-state index in [1.807, 2.05) is 0 Å². The predicted molar refractivity (Wildman–Crippen MR) is 64.1 cm³/mol. The number of hydrogen-bond acceptors (Lipinski definition) is 5. The van der Waals surface area contributed by atoms with E-state index in [1.165, 1.54) is 24.3 Å². The first-order valence-corrected chi connectivity index (χ1v) is 6.00. The van der Waals surface area contributed by atoms with Crippen molar-refractivity contribution >= 4 is 35.0 Å². The van der Waals surface area contributed by atoms with E-state index in [-0.39, 0.29) is 10.5 Å². The monoisotopic (exact) mass is 280 g/mol. The van der Waals surface area contributed by atoms with Gasteiger partial charge >= 0.3 is 0 Å². The Labute approximate surface area is 111 Å². The molecular formula is C12H7FNO4S-. The number of amides is 2. The minimum absolute atomic E-state index is 0.0173. The summed E-state index contributed by atoms with van der Waals surface area (Å²) < 4.78 is 13.4. The van der Waals surface area contributed by atoms with Crippen molar-refractivity contribution in [2.75, 3.05) is 6.54 Å². The van der Waals surface area contributed by atoms with E-state index in [0.717, 1.165) is 0 Å². The second-order valence-corrected chi connectivity index (χ2v) is 4.65. The van der Waals surface area contributed by atoms with Crippen LogP contribution in [0.2, 0.25) is 0 Å². The summed E-state index contributed by atoms with van der Waals surface area (Å²) >= 11 is 0.568. The molecule has 5 nitrogen and oxygen atoms in total. The van der Waals surface area contributed by atoms with Crippen molar-refractivity contribution in [3.63, 3.8) is 0 Å². The highest BCUT2D eigenvalue weighted by atomic mass is 32.2. The van der Waals surface area contributed by atoms with Gasteiger partial charge in [-0.1, -0.05) is 18.2 Å². The Bertz CT molecular complexity index is 599. The Morgan fingerprint density at radius 1 is 1.37 bits per heavy atom. The number of carbonyl (C=O) groups excluding carboxylic acids is 3. The molecule has 1 heterocycles. The van der Waals surface area contributed by atoms with Gasteiger partial charge in [-0.2, -0.15) is 0 Å². The summed E-state index contributed by atoms with van der Waals surface area (Å²) in [6.07, 6.45) is 1.22. The number of benzene rings is 1. The van der Waals surface area contributed by atoms with Crippen molar-refractivity contribution in [3.8, 4) is 0 Å². The Morgan fingerprint density at radius 2 is 2.05 bits per heavy atom. The largest absolute Gasteiger partial charge is 0.548 e. The van der Waals surface area contributed by atoms with Gasteiger partial charge in [0.25, 0.3) is 11.1 Å². The minimum Gasteiger partial charge on any atom is -0.548 e. The van der Waals surface area contributed by atoms with Crippen LogP contribution in [0.25, 0.3) is 6.08 Å². The summed E-state index contributed by atoms with van der Waals surface area (Å²) in [6, 6.07) is 5.74. The van der Waals surface area contributed by atoms with Crippen LogP contribution in [0.5, 0.6) is 0 Å². The van der Waals surface area contributed by atoms with Crippen LogP contribution in [0.3, 0.4) is 0 Å². The van der Waals surface area contributed by atoms with E-state index in [9.17, 15) is 23.9 Å². The van der Waals surface area contributed by atoms with Crippen molar-refractivity contribution < 1.29 is 23.9 Å². The van der Waals surface area contributed by atoms with Gasteiger partial charge in [0.15, 0.2) is 0 Å². The highest BCUT2D eigenvalue weighted by Crippen LogP contribution is 2.32. The summed E-state index contributed by atoms with van der Waals surface area (Å²) in [5.41, 5.74) is 0.154. The van der Waals surface area contributed by atoms with Crippen LogP contribution in [0.4, 0.5) is 9.18 Å². The van der Waals surface area contributed by atoms with Gasteiger partial charge in [-0.05, 0) is 23.9 Å². The van der Waals surface area contributed by atoms with Crippen LogP contribution < -0.4 is 5.11 Å². The molecule has 2 rings (SSSR count). The Morgan fingerprint density at radius 3 is 2.68 bits per heavy atom. The van der Waals surface area contributed by atoms with Crippen LogP contribution in [0.1, 0.15) is 5.56 Å². The molecule has 0 radical (unpaired) electrons. The van der Waals surface area contributed by atoms with Crippen molar-refractivity contribution in [3.05, 3.63) is 40.6 Å². The zero-order chi connectivity index (χ0) is 14.0. The smallest absolute Gasteiger partial charge is 0.293 e. The molecule has 1 saturated heterocycles. The van der Waals surface area contributed by atoms with Gasteiger partial charge in [0.1, 0.15) is 5.82 Å². The summed E-state index contributed by atoms with van der Waals surface area (Å²) in [5.74, 6) is -2.83. The van der Waals surface area contributed by atoms with Gasteiger partial charge in [0.05, 0.1) is 17.4 Å². The third-order valence-corrected chi connectivity index (χ3v) is 3.26. The van der Waals surface area contributed by atoms with Crippen LogP contribution in [0.15, 0.2) is 29.2 Å². The van der Waals surface area contributed by atoms with E-state index in [1.54, 1.807) is 6.07 Å². The van der Waals surface area contributed by atoms with E-state index >= 15 is 0 Å². The predicted octanol–water partition coefficient (Wildman–Crippen LogP) is 0.612. The standard InChI is InChI=1S/C12H8FNO4S/c13-8-4-2-1-3-7(8)5-9-11(17)14(6-10(15)16)12(18)19-9/h1-5H,6H2,(H,15,16)/p-1/b9-5-. The third kappa shape index (κ3) is 2.82. The molecule has 1 aliphatic rings. The molecule has 0 bridgehead atoms. The van der Waals surface area contributed by atoms with E-state index in [0.29, 0.717) is 16.7 Å². The number of carbonyl (C=O) groups is 3. The molecule has 1 fully saturated rings. The fourth-order valence-corrected chi connectivity index (χ4v) is 2.33. The highest BCUT2D eigenvalue weighted by Gasteiger charge is 2.34. The van der Waals surface area contributed by atoms with Gasteiger partial charge in [-0.15, -0.1) is 0 Å². The number of hydrogen-bond donors (Lipinski definition) is 0. The van der Waals surface area contributed by atoms with Gasteiger partial charge < -0.3 is 9.90 Å². The van der Waals surface area contributed by atoms with E-state index < -0.39 is 29.5 Å².